The first-order chi connectivity index (χ1) is 9.43. The minimum Gasteiger partial charge on any atom is -0.481 e. The van der Waals surface area contributed by atoms with Gasteiger partial charge in [0.2, 0.25) is 0 Å². The predicted octanol–water partition coefficient (Wildman–Crippen LogP) is 2.49. The van der Waals surface area contributed by atoms with Crippen molar-refractivity contribution in [1.82, 2.24) is 0 Å². The highest BCUT2D eigenvalue weighted by Gasteiger charge is 2.47. The third kappa shape index (κ3) is 3.01. The van der Waals surface area contributed by atoms with Gasteiger partial charge in [0.05, 0.1) is 5.92 Å². The van der Waals surface area contributed by atoms with Gasteiger partial charge in [-0.15, -0.1) is 0 Å². The molecule has 0 amide bonds. The summed E-state index contributed by atoms with van der Waals surface area (Å²) in [6.45, 7) is 4.29. The van der Waals surface area contributed by atoms with Crippen molar-refractivity contribution in [3.63, 3.8) is 0 Å². The van der Waals surface area contributed by atoms with E-state index in [-0.39, 0.29) is 23.7 Å². The van der Waals surface area contributed by atoms with E-state index < -0.39 is 12.3 Å². The Morgan fingerprint density at radius 1 is 0.950 bits per heavy atom. The van der Waals surface area contributed by atoms with E-state index in [1.807, 2.05) is 0 Å². The zero-order chi connectivity index (χ0) is 14.9. The van der Waals surface area contributed by atoms with Crippen LogP contribution in [0.2, 0.25) is 0 Å². The van der Waals surface area contributed by atoms with Gasteiger partial charge in [0.15, 0.2) is 6.29 Å². The molecular formula is C16H28O4. The van der Waals surface area contributed by atoms with Crippen LogP contribution < -0.4 is 0 Å². The highest BCUT2D eigenvalue weighted by Crippen LogP contribution is 2.49. The maximum absolute atomic E-state index is 11.6. The number of carbonyl (C=O) groups is 1. The minimum atomic E-state index is -1.31. The first-order valence-electron chi connectivity index (χ1n) is 8.02. The van der Waals surface area contributed by atoms with Crippen molar-refractivity contribution in [3.8, 4) is 0 Å². The Bertz CT molecular complexity index is 341. The summed E-state index contributed by atoms with van der Waals surface area (Å²) in [4.78, 5) is 11.6. The van der Waals surface area contributed by atoms with Crippen LogP contribution in [-0.4, -0.2) is 27.6 Å². The van der Waals surface area contributed by atoms with Gasteiger partial charge in [0.1, 0.15) is 0 Å². The van der Waals surface area contributed by atoms with Crippen molar-refractivity contribution in [2.45, 2.75) is 58.7 Å². The Morgan fingerprint density at radius 2 is 1.50 bits per heavy atom. The Hall–Kier alpha value is -0.610. The molecule has 0 aromatic rings. The summed E-state index contributed by atoms with van der Waals surface area (Å²) in [6.07, 6.45) is 4.35. The van der Waals surface area contributed by atoms with E-state index in [9.17, 15) is 20.1 Å². The van der Waals surface area contributed by atoms with E-state index in [2.05, 4.69) is 13.8 Å². The number of aliphatic hydroxyl groups is 2. The van der Waals surface area contributed by atoms with Crippen LogP contribution in [-0.2, 0) is 4.79 Å². The van der Waals surface area contributed by atoms with Gasteiger partial charge < -0.3 is 15.3 Å². The zero-order valence-corrected chi connectivity index (χ0v) is 12.5. The lowest BCUT2D eigenvalue weighted by atomic mass is 9.57. The average Bonchev–Trinajstić information content (AvgIpc) is 2.38. The molecule has 20 heavy (non-hydrogen) atoms. The summed E-state index contributed by atoms with van der Waals surface area (Å²) in [5.41, 5.74) is 0. The second-order valence-corrected chi connectivity index (χ2v) is 6.99. The molecule has 2 aliphatic carbocycles. The van der Waals surface area contributed by atoms with E-state index in [0.29, 0.717) is 11.8 Å². The molecular weight excluding hydrogens is 256 g/mol. The topological polar surface area (TPSA) is 77.8 Å². The van der Waals surface area contributed by atoms with Crippen LogP contribution >= 0.6 is 0 Å². The summed E-state index contributed by atoms with van der Waals surface area (Å²) >= 11 is 0. The number of hydrogen-bond donors (Lipinski definition) is 3. The molecule has 0 aromatic carbocycles. The van der Waals surface area contributed by atoms with Crippen molar-refractivity contribution >= 4 is 5.97 Å². The van der Waals surface area contributed by atoms with Crippen LogP contribution in [0.3, 0.4) is 0 Å². The maximum atomic E-state index is 11.6. The van der Waals surface area contributed by atoms with Gasteiger partial charge in [-0.25, -0.2) is 0 Å². The second-order valence-electron chi connectivity index (χ2n) is 6.99. The summed E-state index contributed by atoms with van der Waals surface area (Å²) in [5.74, 6) is -0.231. The summed E-state index contributed by atoms with van der Waals surface area (Å²) in [5, 5.41) is 29.0. The SMILES string of the molecule is CC1CCCC(C(=O)O)C1C1C(C)CCCC1C(O)O. The van der Waals surface area contributed by atoms with Crippen LogP contribution in [0.15, 0.2) is 0 Å². The Balaban J connectivity index is 2.28. The number of aliphatic carboxylic acids is 1. The van der Waals surface area contributed by atoms with Crippen molar-refractivity contribution in [2.75, 3.05) is 0 Å². The largest absolute Gasteiger partial charge is 0.481 e. The lowest BCUT2D eigenvalue weighted by Gasteiger charge is -2.48. The molecule has 3 N–H and O–H groups in total. The van der Waals surface area contributed by atoms with Gasteiger partial charge in [-0.2, -0.15) is 0 Å². The van der Waals surface area contributed by atoms with E-state index in [4.69, 9.17) is 0 Å². The predicted molar refractivity (Wildman–Crippen MR) is 75.9 cm³/mol. The number of rotatable bonds is 3. The third-order valence-electron chi connectivity index (χ3n) is 5.79. The first kappa shape index (κ1) is 15.8. The van der Waals surface area contributed by atoms with Crippen molar-refractivity contribution in [3.05, 3.63) is 0 Å². The van der Waals surface area contributed by atoms with Gasteiger partial charge in [-0.1, -0.05) is 39.5 Å². The van der Waals surface area contributed by atoms with Crippen LogP contribution in [0.4, 0.5) is 0 Å². The number of hydrogen-bond acceptors (Lipinski definition) is 3. The number of carboxylic acid groups (broad SMARTS) is 1. The van der Waals surface area contributed by atoms with Crippen LogP contribution in [0.1, 0.15) is 52.4 Å². The zero-order valence-electron chi connectivity index (χ0n) is 12.5. The smallest absolute Gasteiger partial charge is 0.306 e. The molecule has 2 rings (SSSR count). The van der Waals surface area contributed by atoms with Crippen molar-refractivity contribution in [2.24, 2.45) is 35.5 Å². The fourth-order valence-corrected chi connectivity index (χ4v) is 4.87. The Morgan fingerprint density at radius 3 is 2.05 bits per heavy atom. The van der Waals surface area contributed by atoms with Crippen LogP contribution in [0.25, 0.3) is 0 Å². The lowest BCUT2D eigenvalue weighted by molar-refractivity contribution is -0.159. The minimum absolute atomic E-state index is 0.0864. The molecule has 0 heterocycles. The van der Waals surface area contributed by atoms with E-state index in [0.717, 1.165) is 38.5 Å². The number of aliphatic hydroxyl groups excluding tert-OH is 1. The van der Waals surface area contributed by atoms with Crippen molar-refractivity contribution < 1.29 is 20.1 Å². The lowest BCUT2D eigenvalue weighted by Crippen LogP contribution is -2.47. The van der Waals surface area contributed by atoms with Gasteiger partial charge in [-0.05, 0) is 36.5 Å². The Labute approximate surface area is 121 Å². The highest BCUT2D eigenvalue weighted by molar-refractivity contribution is 5.70. The van der Waals surface area contributed by atoms with Crippen LogP contribution in [0.5, 0.6) is 0 Å². The van der Waals surface area contributed by atoms with Gasteiger partial charge in [-0.3, -0.25) is 4.79 Å². The summed E-state index contributed by atoms with van der Waals surface area (Å²) in [7, 11) is 0. The van der Waals surface area contributed by atoms with Gasteiger partial charge in [0, 0.05) is 5.92 Å². The fourth-order valence-electron chi connectivity index (χ4n) is 4.87. The molecule has 0 spiro atoms. The molecule has 0 radical (unpaired) electrons. The molecule has 6 atom stereocenters. The van der Waals surface area contributed by atoms with Gasteiger partial charge >= 0.3 is 5.97 Å². The summed E-state index contributed by atoms with van der Waals surface area (Å²) in [6, 6.07) is 0. The molecule has 2 fully saturated rings. The molecule has 116 valence electrons. The molecule has 0 saturated heterocycles. The van der Waals surface area contributed by atoms with E-state index in [1.165, 1.54) is 0 Å². The number of carboxylic acids is 1. The average molecular weight is 284 g/mol. The molecule has 4 heteroatoms. The molecule has 0 aromatic heterocycles. The third-order valence-corrected chi connectivity index (χ3v) is 5.79. The standard InChI is InChI=1S/C16H28O4/c1-9-5-3-7-11(15(17)18)13(9)14-10(2)6-4-8-12(14)16(19)20/h9-15,17-18H,3-8H2,1-2H3,(H,19,20). The molecule has 4 nitrogen and oxygen atoms in total. The first-order valence-corrected chi connectivity index (χ1v) is 8.02. The van der Waals surface area contributed by atoms with E-state index >= 15 is 0 Å². The van der Waals surface area contributed by atoms with Gasteiger partial charge in [0.25, 0.3) is 0 Å². The van der Waals surface area contributed by atoms with Crippen molar-refractivity contribution in [1.29, 1.82) is 0 Å². The monoisotopic (exact) mass is 284 g/mol. The quantitative estimate of drug-likeness (QED) is 0.696. The normalized spacial score (nSPS) is 42.6. The molecule has 6 unspecified atom stereocenters. The maximum Gasteiger partial charge on any atom is 0.306 e. The molecule has 2 saturated carbocycles. The Kier molecular flexibility index (Phi) is 5.08. The second kappa shape index (κ2) is 6.44. The molecule has 0 bridgehead atoms. The fraction of sp³-hybridized carbons (Fsp3) is 0.938. The summed E-state index contributed by atoms with van der Waals surface area (Å²) < 4.78 is 0. The van der Waals surface area contributed by atoms with Crippen LogP contribution in [0, 0.1) is 35.5 Å². The highest BCUT2D eigenvalue weighted by atomic mass is 16.5. The molecule has 0 aliphatic heterocycles. The van der Waals surface area contributed by atoms with E-state index in [1.54, 1.807) is 0 Å². The molecule has 2 aliphatic rings.